The Morgan fingerprint density at radius 1 is 1.17 bits per heavy atom. The van der Waals surface area contributed by atoms with E-state index in [1.165, 1.54) is 22.9 Å². The van der Waals surface area contributed by atoms with Crippen LogP contribution >= 0.6 is 43.5 Å². The number of aliphatic hydroxyl groups excluding tert-OH is 3. The predicted octanol–water partition coefficient (Wildman–Crippen LogP) is 2.87. The van der Waals surface area contributed by atoms with E-state index in [-0.39, 0.29) is 24.5 Å². The first kappa shape index (κ1) is 31.3. The lowest BCUT2D eigenvalue weighted by atomic mass is 9.91. The van der Waals surface area contributed by atoms with Crippen LogP contribution in [0.4, 0.5) is 14.5 Å². The van der Waals surface area contributed by atoms with Gasteiger partial charge in [0.1, 0.15) is 52.8 Å². The summed E-state index contributed by atoms with van der Waals surface area (Å²) in [7, 11) is 1.31. The van der Waals surface area contributed by atoms with E-state index in [0.29, 0.717) is 14.6 Å². The van der Waals surface area contributed by atoms with Crippen molar-refractivity contribution in [3.8, 4) is 11.3 Å². The minimum atomic E-state index is -1.44. The fourth-order valence-electron chi connectivity index (χ4n) is 5.19. The van der Waals surface area contributed by atoms with Crippen LogP contribution in [0.15, 0.2) is 45.5 Å². The van der Waals surface area contributed by atoms with Gasteiger partial charge >= 0.3 is 0 Å². The number of carbonyl (C=O) groups is 1. The highest BCUT2D eigenvalue weighted by Gasteiger charge is 2.52. The first-order valence-electron chi connectivity index (χ1n) is 12.6. The highest BCUT2D eigenvalue weighted by molar-refractivity contribution is 9.11. The quantitative estimate of drug-likeness (QED) is 0.313. The number of methoxy groups -OCH3 is 1. The summed E-state index contributed by atoms with van der Waals surface area (Å²) in [5.74, 6) is -2.63. The van der Waals surface area contributed by atoms with Crippen molar-refractivity contribution in [1.29, 1.82) is 0 Å². The van der Waals surface area contributed by atoms with Gasteiger partial charge in [-0.15, -0.1) is 5.10 Å². The van der Waals surface area contributed by atoms with Crippen LogP contribution in [0.3, 0.4) is 0 Å². The van der Waals surface area contributed by atoms with Crippen molar-refractivity contribution in [1.82, 2.24) is 15.0 Å². The lowest BCUT2D eigenvalue weighted by Gasteiger charge is -2.45. The van der Waals surface area contributed by atoms with E-state index in [4.69, 9.17) is 25.8 Å². The van der Waals surface area contributed by atoms with Crippen LogP contribution in [0.2, 0.25) is 5.02 Å². The van der Waals surface area contributed by atoms with Crippen LogP contribution < -0.4 is 4.90 Å². The van der Waals surface area contributed by atoms with Crippen molar-refractivity contribution in [3.05, 3.63) is 62.1 Å². The van der Waals surface area contributed by atoms with Gasteiger partial charge in [-0.25, -0.2) is 13.5 Å². The Kier molecular flexibility index (Phi) is 9.61. The number of aromatic nitrogens is 3. The van der Waals surface area contributed by atoms with Crippen LogP contribution in [0.5, 0.6) is 0 Å². The number of anilines is 1. The summed E-state index contributed by atoms with van der Waals surface area (Å²) >= 11 is 12.4. The maximum Gasteiger partial charge on any atom is 0.259 e. The number of rotatable bonds is 7. The van der Waals surface area contributed by atoms with Gasteiger partial charge in [-0.1, -0.05) is 48.7 Å². The lowest BCUT2D eigenvalue weighted by Crippen LogP contribution is -2.63. The number of halogens is 5. The van der Waals surface area contributed by atoms with Gasteiger partial charge in [-0.3, -0.25) is 4.79 Å². The first-order valence-corrected chi connectivity index (χ1v) is 14.6. The van der Waals surface area contributed by atoms with Gasteiger partial charge in [0.2, 0.25) is 0 Å². The maximum atomic E-state index is 14.3. The van der Waals surface area contributed by atoms with E-state index in [1.807, 2.05) is 0 Å². The van der Waals surface area contributed by atoms with Crippen molar-refractivity contribution in [3.63, 3.8) is 0 Å². The van der Waals surface area contributed by atoms with E-state index in [1.54, 1.807) is 18.2 Å². The number of benzene rings is 2. The van der Waals surface area contributed by atoms with Crippen molar-refractivity contribution < 1.29 is 43.1 Å². The summed E-state index contributed by atoms with van der Waals surface area (Å²) in [5.41, 5.74) is 0.490. The molecule has 0 spiro atoms. The molecule has 1 amide bonds. The molecule has 2 fully saturated rings. The van der Waals surface area contributed by atoms with Crippen molar-refractivity contribution >= 4 is 55.1 Å². The van der Waals surface area contributed by atoms with Gasteiger partial charge in [-0.05, 0) is 30.3 Å². The fraction of sp³-hybridized carbons (Fsp3) is 0.423. The zero-order valence-electron chi connectivity index (χ0n) is 21.8. The number of aliphatic hydroxyl groups is 3. The number of hydrogen-bond acceptors (Lipinski definition) is 9. The fourth-order valence-corrected chi connectivity index (χ4v) is 6.57. The molecule has 0 aliphatic carbocycles. The molecule has 11 nitrogen and oxygen atoms in total. The molecule has 5 rings (SSSR count). The van der Waals surface area contributed by atoms with Gasteiger partial charge in [0.15, 0.2) is 6.10 Å². The molecule has 0 radical (unpaired) electrons. The van der Waals surface area contributed by atoms with E-state index in [0.717, 1.165) is 12.1 Å². The molecular formula is C26H25Br2ClF2N4O7. The minimum absolute atomic E-state index is 0.0110. The SMILES string of the molecule is CO[C@@H]1[C@@H](n2cc(-c3cc(F)c(Cl)c(F)c3)nn2)[C@@H](O)[C@@H](CO)O[C@H]1C(=O)N(c1cc(Br)cc(Br)c1)[C@H]1COC[C@@H]1O. The Labute approximate surface area is 260 Å². The van der Waals surface area contributed by atoms with E-state index in [2.05, 4.69) is 42.2 Å². The molecule has 2 saturated heterocycles. The van der Waals surface area contributed by atoms with Crippen LogP contribution in [0.25, 0.3) is 11.3 Å². The molecule has 3 aromatic rings. The number of carbonyl (C=O) groups excluding carboxylic acids is 1. The molecular weight excluding hydrogens is 714 g/mol. The molecule has 7 atom stereocenters. The third kappa shape index (κ3) is 5.99. The Morgan fingerprint density at radius 2 is 1.83 bits per heavy atom. The number of amides is 1. The smallest absolute Gasteiger partial charge is 0.259 e. The Balaban J connectivity index is 1.54. The predicted molar refractivity (Wildman–Crippen MR) is 152 cm³/mol. The largest absolute Gasteiger partial charge is 0.394 e. The molecule has 0 bridgehead atoms. The Bertz CT molecular complexity index is 1430. The zero-order chi connectivity index (χ0) is 30.3. The third-order valence-electron chi connectivity index (χ3n) is 7.19. The highest BCUT2D eigenvalue weighted by atomic mass is 79.9. The van der Waals surface area contributed by atoms with Gasteiger partial charge in [0.05, 0.1) is 32.1 Å². The highest BCUT2D eigenvalue weighted by Crippen LogP contribution is 2.37. The maximum absolute atomic E-state index is 14.3. The van der Waals surface area contributed by atoms with Gasteiger partial charge in [0.25, 0.3) is 5.91 Å². The van der Waals surface area contributed by atoms with Crippen molar-refractivity contribution in [2.24, 2.45) is 0 Å². The average Bonchev–Trinajstić information content (AvgIpc) is 3.60. The summed E-state index contributed by atoms with van der Waals surface area (Å²) in [4.78, 5) is 15.7. The molecule has 42 heavy (non-hydrogen) atoms. The van der Waals surface area contributed by atoms with Crippen LogP contribution in [0.1, 0.15) is 6.04 Å². The molecule has 2 aliphatic rings. The zero-order valence-corrected chi connectivity index (χ0v) is 25.7. The molecule has 0 saturated carbocycles. The molecule has 2 aliphatic heterocycles. The summed E-state index contributed by atoms with van der Waals surface area (Å²) in [5, 5.41) is 39.3. The standard InChI is InChI=1S/C26H25Br2ClF2N4O7/c1-40-24-22(34-7-17(32-33-34)11-2-15(30)21(29)16(31)3-11)23(38)20(8-36)42-25(24)26(39)35(18-9-41-10-19(18)37)14-5-12(27)4-13(28)6-14/h2-7,18-20,22-25,36-38H,8-10H2,1H3/t18-,19-,20+,22-,23-,24+,25+/m0/s1. The van der Waals surface area contributed by atoms with Gasteiger partial charge < -0.3 is 34.4 Å². The molecule has 0 unspecified atom stereocenters. The van der Waals surface area contributed by atoms with Crippen LogP contribution in [-0.2, 0) is 19.0 Å². The third-order valence-corrected chi connectivity index (χ3v) is 8.47. The van der Waals surface area contributed by atoms with Gasteiger partial charge in [-0.2, -0.15) is 0 Å². The molecule has 2 aromatic carbocycles. The van der Waals surface area contributed by atoms with Crippen LogP contribution in [0, 0.1) is 11.6 Å². The molecule has 3 N–H and O–H groups in total. The normalized spacial score (nSPS) is 27.8. The number of ether oxygens (including phenoxy) is 3. The van der Waals surface area contributed by atoms with E-state index in [9.17, 15) is 28.9 Å². The summed E-state index contributed by atoms with van der Waals surface area (Å²) in [6.45, 7) is -0.612. The van der Waals surface area contributed by atoms with E-state index >= 15 is 0 Å². The minimum Gasteiger partial charge on any atom is -0.394 e. The summed E-state index contributed by atoms with van der Waals surface area (Å²) < 4.78 is 47.8. The summed E-state index contributed by atoms with van der Waals surface area (Å²) in [6.07, 6.45) is -4.99. The number of hydrogen-bond donors (Lipinski definition) is 3. The lowest BCUT2D eigenvalue weighted by molar-refractivity contribution is -0.211. The number of nitrogens with zero attached hydrogens (tertiary/aromatic N) is 4. The molecule has 1 aromatic heterocycles. The second-order valence-corrected chi connectivity index (χ2v) is 12.0. The molecule has 3 heterocycles. The average molecular weight is 739 g/mol. The summed E-state index contributed by atoms with van der Waals surface area (Å²) in [6, 6.07) is 5.19. The van der Waals surface area contributed by atoms with Crippen molar-refractivity contribution in [2.75, 3.05) is 31.8 Å². The molecule has 16 heteroatoms. The van der Waals surface area contributed by atoms with Crippen LogP contribution in [-0.4, -0.2) is 99.7 Å². The first-order chi connectivity index (χ1) is 20.0. The second kappa shape index (κ2) is 12.9. The van der Waals surface area contributed by atoms with E-state index < -0.39 is 71.8 Å². The van der Waals surface area contributed by atoms with Crippen molar-refractivity contribution in [2.45, 2.75) is 42.6 Å². The Hall–Kier alpha value is -2.08. The molecule has 226 valence electrons. The monoisotopic (exact) mass is 736 g/mol. The topological polar surface area (TPSA) is 139 Å². The van der Waals surface area contributed by atoms with Gasteiger partial charge in [0, 0.05) is 27.3 Å². The Morgan fingerprint density at radius 3 is 2.40 bits per heavy atom. The second-order valence-electron chi connectivity index (χ2n) is 9.80.